The Bertz CT molecular complexity index is 537. The molecular formula is C12H16N4O2S2. The number of rotatable bonds is 6. The fraction of sp³-hybridized carbons (Fsp3) is 0.500. The van der Waals surface area contributed by atoms with Crippen LogP contribution < -0.4 is 5.32 Å². The molecule has 1 N–H and O–H groups in total. The van der Waals surface area contributed by atoms with Crippen LogP contribution in [0.15, 0.2) is 17.0 Å². The highest BCUT2D eigenvalue weighted by atomic mass is 32.2. The minimum absolute atomic E-state index is 0.152. The van der Waals surface area contributed by atoms with E-state index in [0.29, 0.717) is 18.0 Å². The average molecular weight is 312 g/mol. The lowest BCUT2D eigenvalue weighted by atomic mass is 10.1. The van der Waals surface area contributed by atoms with Crippen molar-refractivity contribution in [3.05, 3.63) is 12.7 Å². The summed E-state index contributed by atoms with van der Waals surface area (Å²) in [5.41, 5.74) is -0.899. The first kappa shape index (κ1) is 15.0. The minimum atomic E-state index is -0.899. The Balaban J connectivity index is 1.99. The van der Waals surface area contributed by atoms with Gasteiger partial charge in [0.2, 0.25) is 16.9 Å². The number of carbonyl (C=O) groups is 2. The number of aromatic nitrogens is 2. The van der Waals surface area contributed by atoms with Crippen LogP contribution in [-0.4, -0.2) is 46.8 Å². The molecule has 6 nitrogen and oxygen atoms in total. The summed E-state index contributed by atoms with van der Waals surface area (Å²) in [5, 5.41) is 11.0. The molecule has 0 atom stereocenters. The first-order valence-corrected chi connectivity index (χ1v) is 7.90. The Morgan fingerprint density at radius 2 is 2.20 bits per heavy atom. The van der Waals surface area contributed by atoms with Gasteiger partial charge < -0.3 is 4.90 Å². The highest BCUT2D eigenvalue weighted by Gasteiger charge is 2.57. The van der Waals surface area contributed by atoms with Crippen LogP contribution in [0, 0.1) is 5.41 Å². The summed E-state index contributed by atoms with van der Waals surface area (Å²) >= 11 is 2.80. The fourth-order valence-corrected chi connectivity index (χ4v) is 3.26. The van der Waals surface area contributed by atoms with Crippen LogP contribution in [0.5, 0.6) is 0 Å². The van der Waals surface area contributed by atoms with Gasteiger partial charge in [0.25, 0.3) is 0 Å². The Labute approximate surface area is 125 Å². The summed E-state index contributed by atoms with van der Waals surface area (Å²) in [6, 6.07) is 0. The van der Waals surface area contributed by atoms with Gasteiger partial charge in [-0.15, -0.1) is 16.8 Å². The maximum absolute atomic E-state index is 12.2. The summed E-state index contributed by atoms with van der Waals surface area (Å²) < 4.78 is 0.768. The summed E-state index contributed by atoms with van der Waals surface area (Å²) in [6.07, 6.45) is 2.96. The second kappa shape index (κ2) is 5.92. The molecule has 0 spiro atoms. The lowest BCUT2D eigenvalue weighted by Crippen LogP contribution is -2.39. The number of hydrogen-bond donors (Lipinski definition) is 1. The van der Waals surface area contributed by atoms with Crippen molar-refractivity contribution >= 4 is 40.0 Å². The number of thioether (sulfide) groups is 1. The summed E-state index contributed by atoms with van der Waals surface area (Å²) in [7, 11) is 3.31. The van der Waals surface area contributed by atoms with Crippen LogP contribution in [0.4, 0.5) is 5.13 Å². The molecule has 1 saturated carbocycles. The molecule has 1 fully saturated rings. The molecule has 1 aliphatic carbocycles. The van der Waals surface area contributed by atoms with E-state index in [1.807, 2.05) is 0 Å². The molecule has 2 amide bonds. The monoisotopic (exact) mass is 312 g/mol. The maximum atomic E-state index is 12.2. The van der Waals surface area contributed by atoms with E-state index in [2.05, 4.69) is 22.1 Å². The van der Waals surface area contributed by atoms with E-state index in [4.69, 9.17) is 0 Å². The molecule has 20 heavy (non-hydrogen) atoms. The third-order valence-electron chi connectivity index (χ3n) is 2.95. The minimum Gasteiger partial charge on any atom is -0.348 e. The third-order valence-corrected chi connectivity index (χ3v) is 4.92. The Morgan fingerprint density at radius 3 is 2.75 bits per heavy atom. The zero-order chi connectivity index (χ0) is 14.8. The van der Waals surface area contributed by atoms with Gasteiger partial charge in [-0.25, -0.2) is 0 Å². The molecule has 0 aliphatic heterocycles. The van der Waals surface area contributed by atoms with Gasteiger partial charge in [-0.3, -0.25) is 14.9 Å². The van der Waals surface area contributed by atoms with E-state index in [0.717, 1.165) is 10.1 Å². The predicted molar refractivity (Wildman–Crippen MR) is 79.8 cm³/mol. The predicted octanol–water partition coefficient (Wildman–Crippen LogP) is 1.62. The van der Waals surface area contributed by atoms with Gasteiger partial charge >= 0.3 is 0 Å². The number of hydrogen-bond acceptors (Lipinski definition) is 6. The number of anilines is 1. The molecule has 0 unspecified atom stereocenters. The smallest absolute Gasteiger partial charge is 0.241 e. The second-order valence-electron chi connectivity index (χ2n) is 4.71. The number of carbonyl (C=O) groups excluding carboxylic acids is 2. The van der Waals surface area contributed by atoms with Gasteiger partial charge in [0.05, 0.1) is 0 Å². The molecule has 108 valence electrons. The summed E-state index contributed by atoms with van der Waals surface area (Å²) in [4.78, 5) is 25.7. The second-order valence-corrected chi connectivity index (χ2v) is 6.95. The van der Waals surface area contributed by atoms with Crippen LogP contribution >= 0.6 is 23.1 Å². The average Bonchev–Trinajstić information content (AvgIpc) is 3.12. The van der Waals surface area contributed by atoms with Gasteiger partial charge in [-0.2, -0.15) is 0 Å². The molecule has 2 rings (SSSR count). The molecule has 8 heteroatoms. The van der Waals surface area contributed by atoms with Crippen molar-refractivity contribution in [2.45, 2.75) is 17.2 Å². The molecule has 0 saturated heterocycles. The van der Waals surface area contributed by atoms with Gasteiger partial charge in [0.15, 0.2) is 4.34 Å². The third kappa shape index (κ3) is 3.01. The van der Waals surface area contributed by atoms with Crippen LogP contribution in [0.2, 0.25) is 0 Å². The number of amides is 2. The van der Waals surface area contributed by atoms with Crippen molar-refractivity contribution in [1.29, 1.82) is 0 Å². The zero-order valence-corrected chi connectivity index (χ0v) is 13.0. The SMILES string of the molecule is C=CCSc1nnc(NC(=O)C2(C(=O)N(C)C)CC2)s1. The van der Waals surface area contributed by atoms with Gasteiger partial charge in [0.1, 0.15) is 5.41 Å². The number of nitrogens with one attached hydrogen (secondary N) is 1. The molecule has 1 aromatic rings. The van der Waals surface area contributed by atoms with E-state index in [1.54, 1.807) is 20.2 Å². The van der Waals surface area contributed by atoms with Crippen molar-refractivity contribution in [3.63, 3.8) is 0 Å². The lowest BCUT2D eigenvalue weighted by molar-refractivity contribution is -0.140. The lowest BCUT2D eigenvalue weighted by Gasteiger charge is -2.18. The highest BCUT2D eigenvalue weighted by molar-refractivity contribution is 8.01. The van der Waals surface area contributed by atoms with Crippen LogP contribution in [0.3, 0.4) is 0 Å². The van der Waals surface area contributed by atoms with Crippen LogP contribution in [-0.2, 0) is 9.59 Å². The first-order valence-electron chi connectivity index (χ1n) is 6.10. The maximum Gasteiger partial charge on any atom is 0.241 e. The van der Waals surface area contributed by atoms with Gasteiger partial charge in [-0.05, 0) is 12.8 Å². The normalized spacial score (nSPS) is 15.5. The Kier molecular flexibility index (Phi) is 4.44. The molecule has 0 aromatic carbocycles. The van der Waals surface area contributed by atoms with Gasteiger partial charge in [-0.1, -0.05) is 29.2 Å². The molecule has 1 aliphatic rings. The quantitative estimate of drug-likeness (QED) is 0.374. The van der Waals surface area contributed by atoms with Crippen molar-refractivity contribution in [2.75, 3.05) is 25.2 Å². The van der Waals surface area contributed by atoms with E-state index < -0.39 is 5.41 Å². The van der Waals surface area contributed by atoms with E-state index in [1.165, 1.54) is 28.0 Å². The van der Waals surface area contributed by atoms with E-state index in [9.17, 15) is 9.59 Å². The summed E-state index contributed by atoms with van der Waals surface area (Å²) in [5.74, 6) is 0.305. The highest BCUT2D eigenvalue weighted by Crippen LogP contribution is 2.48. The van der Waals surface area contributed by atoms with Crippen LogP contribution in [0.25, 0.3) is 0 Å². The van der Waals surface area contributed by atoms with E-state index >= 15 is 0 Å². The zero-order valence-electron chi connectivity index (χ0n) is 11.4. The Hall–Kier alpha value is -1.41. The van der Waals surface area contributed by atoms with Crippen LogP contribution in [0.1, 0.15) is 12.8 Å². The molecule has 0 radical (unpaired) electrons. The summed E-state index contributed by atoms with van der Waals surface area (Å²) in [6.45, 7) is 3.63. The van der Waals surface area contributed by atoms with Crippen molar-refractivity contribution in [2.24, 2.45) is 5.41 Å². The van der Waals surface area contributed by atoms with Crippen molar-refractivity contribution < 1.29 is 9.59 Å². The topological polar surface area (TPSA) is 75.2 Å². The van der Waals surface area contributed by atoms with Crippen molar-refractivity contribution in [1.82, 2.24) is 15.1 Å². The first-order chi connectivity index (χ1) is 9.49. The molecular weight excluding hydrogens is 296 g/mol. The molecule has 1 heterocycles. The van der Waals surface area contributed by atoms with E-state index in [-0.39, 0.29) is 11.8 Å². The number of nitrogens with zero attached hydrogens (tertiary/aromatic N) is 3. The van der Waals surface area contributed by atoms with Gasteiger partial charge in [0, 0.05) is 19.8 Å². The standard InChI is InChI=1S/C12H16N4O2S2/c1-4-7-19-11-15-14-10(20-11)13-8(17)12(5-6-12)9(18)16(2)3/h4H,1,5-7H2,2-3H3,(H,13,14,17). The Morgan fingerprint density at radius 1 is 1.50 bits per heavy atom. The molecule has 1 aromatic heterocycles. The largest absolute Gasteiger partial charge is 0.348 e. The molecule has 0 bridgehead atoms. The van der Waals surface area contributed by atoms with Crippen molar-refractivity contribution in [3.8, 4) is 0 Å². The fourth-order valence-electron chi connectivity index (χ4n) is 1.76.